The van der Waals surface area contributed by atoms with Crippen LogP contribution in [0.3, 0.4) is 0 Å². The molecule has 0 bridgehead atoms. The van der Waals surface area contributed by atoms with Crippen LogP contribution in [0, 0.1) is 0 Å². The normalized spacial score (nSPS) is 17.7. The van der Waals surface area contributed by atoms with Crippen molar-refractivity contribution in [1.29, 1.82) is 0 Å². The van der Waals surface area contributed by atoms with Crippen molar-refractivity contribution in [3.63, 3.8) is 0 Å². The summed E-state index contributed by atoms with van der Waals surface area (Å²) in [6, 6.07) is 0. The average Bonchev–Trinajstić information content (AvgIpc) is 2.44. The van der Waals surface area contributed by atoms with E-state index >= 15 is 0 Å². The van der Waals surface area contributed by atoms with Crippen molar-refractivity contribution in [2.75, 3.05) is 40.1 Å². The largest absolute Gasteiger partial charge is 0.394 e. The lowest BCUT2D eigenvalue weighted by atomic mass is 10.0. The summed E-state index contributed by atoms with van der Waals surface area (Å²) in [6.07, 6.45) is -5.83. The highest BCUT2D eigenvalue weighted by Crippen LogP contribution is 2.08. The summed E-state index contributed by atoms with van der Waals surface area (Å²) in [7, 11) is 1.53. The van der Waals surface area contributed by atoms with Crippen LogP contribution in [0.2, 0.25) is 0 Å². The highest BCUT2D eigenvalue weighted by atomic mass is 16.6. The monoisotopic (exact) mass is 282 g/mol. The molecule has 0 heterocycles. The van der Waals surface area contributed by atoms with Gasteiger partial charge in [0.1, 0.15) is 24.4 Å². The van der Waals surface area contributed by atoms with Gasteiger partial charge in [-0.15, -0.1) is 0 Å². The summed E-state index contributed by atoms with van der Waals surface area (Å²) in [5.41, 5.74) is 0. The molecule has 0 aromatic rings. The maximum Gasteiger partial charge on any atom is 0.151 e. The molecule has 4 unspecified atom stereocenters. The molecule has 8 nitrogen and oxygen atoms in total. The van der Waals surface area contributed by atoms with E-state index in [1.165, 1.54) is 7.11 Å². The molecule has 0 spiro atoms. The van der Waals surface area contributed by atoms with E-state index in [4.69, 9.17) is 19.3 Å². The maximum atomic E-state index is 10.5. The molecule has 0 rings (SSSR count). The Morgan fingerprint density at radius 3 is 2.26 bits per heavy atom. The van der Waals surface area contributed by atoms with Crippen molar-refractivity contribution in [1.82, 2.24) is 0 Å². The first-order valence-electron chi connectivity index (χ1n) is 5.87. The van der Waals surface area contributed by atoms with E-state index in [2.05, 4.69) is 0 Å². The number of carbonyl (C=O) groups excluding carboxylic acids is 1. The van der Waals surface area contributed by atoms with Gasteiger partial charge in [-0.25, -0.2) is 0 Å². The zero-order chi connectivity index (χ0) is 14.7. The molecule has 0 amide bonds. The van der Waals surface area contributed by atoms with Gasteiger partial charge in [0.25, 0.3) is 0 Å². The molecule has 0 aliphatic heterocycles. The van der Waals surface area contributed by atoms with Gasteiger partial charge in [0, 0.05) is 7.11 Å². The number of aliphatic hydroxyl groups is 4. The number of aliphatic hydroxyl groups excluding tert-OH is 4. The Hall–Kier alpha value is -0.610. The molecule has 0 aromatic carbocycles. The number of methoxy groups -OCH3 is 1. The summed E-state index contributed by atoms with van der Waals surface area (Å²) >= 11 is 0. The first-order chi connectivity index (χ1) is 9.08. The van der Waals surface area contributed by atoms with Gasteiger partial charge in [-0.1, -0.05) is 0 Å². The van der Waals surface area contributed by atoms with Gasteiger partial charge in [-0.3, -0.25) is 0 Å². The Balaban J connectivity index is 4.10. The number of carbonyl (C=O) groups is 1. The van der Waals surface area contributed by atoms with Crippen molar-refractivity contribution >= 4 is 6.29 Å². The van der Waals surface area contributed by atoms with Crippen LogP contribution in [-0.2, 0) is 19.0 Å². The molecule has 4 atom stereocenters. The van der Waals surface area contributed by atoms with E-state index in [0.717, 1.165) is 0 Å². The maximum absolute atomic E-state index is 10.5. The quantitative estimate of drug-likeness (QED) is 0.225. The Bertz CT molecular complexity index is 225. The van der Waals surface area contributed by atoms with Gasteiger partial charge in [-0.2, -0.15) is 0 Å². The third-order valence-corrected chi connectivity index (χ3v) is 2.36. The predicted molar refractivity (Wildman–Crippen MR) is 63.6 cm³/mol. The van der Waals surface area contributed by atoms with E-state index in [-0.39, 0.29) is 19.5 Å². The molecule has 114 valence electrons. The fourth-order valence-corrected chi connectivity index (χ4v) is 1.29. The minimum Gasteiger partial charge on any atom is -0.394 e. The van der Waals surface area contributed by atoms with Crippen LogP contribution in [-0.4, -0.2) is 91.3 Å². The molecule has 0 radical (unpaired) electrons. The van der Waals surface area contributed by atoms with Gasteiger partial charge < -0.3 is 39.4 Å². The highest BCUT2D eigenvalue weighted by molar-refractivity contribution is 5.56. The number of hydrogen-bond acceptors (Lipinski definition) is 8. The molecule has 0 aliphatic rings. The molecule has 4 N–H and O–H groups in total. The second kappa shape index (κ2) is 11.2. The molecule has 19 heavy (non-hydrogen) atoms. The Morgan fingerprint density at radius 1 is 1.11 bits per heavy atom. The summed E-state index contributed by atoms with van der Waals surface area (Å²) in [6.45, 7) is 0.258. The van der Waals surface area contributed by atoms with Crippen molar-refractivity contribution in [3.05, 3.63) is 0 Å². The lowest BCUT2D eigenvalue weighted by Crippen LogP contribution is -2.48. The standard InChI is InChI=1S/C11H22O8/c1-17-2-3-18-4-5-19-11(9(15)7-13)10(16)8(14)6-12/h7-12,14-16H,2-6H2,1H3. The van der Waals surface area contributed by atoms with Crippen LogP contribution in [0.5, 0.6) is 0 Å². The Morgan fingerprint density at radius 2 is 1.74 bits per heavy atom. The topological polar surface area (TPSA) is 126 Å². The number of rotatable bonds is 12. The van der Waals surface area contributed by atoms with Crippen LogP contribution in [0.25, 0.3) is 0 Å². The predicted octanol–water partition coefficient (Wildman–Crippen LogP) is -2.69. The lowest BCUT2D eigenvalue weighted by Gasteiger charge is -2.27. The molecule has 0 saturated carbocycles. The van der Waals surface area contributed by atoms with Gasteiger partial charge in [0.15, 0.2) is 6.29 Å². The van der Waals surface area contributed by atoms with Gasteiger partial charge in [-0.05, 0) is 0 Å². The van der Waals surface area contributed by atoms with Gasteiger partial charge in [0.2, 0.25) is 0 Å². The lowest BCUT2D eigenvalue weighted by molar-refractivity contribution is -0.154. The van der Waals surface area contributed by atoms with E-state index in [9.17, 15) is 20.1 Å². The van der Waals surface area contributed by atoms with Crippen LogP contribution in [0.4, 0.5) is 0 Å². The van der Waals surface area contributed by atoms with Gasteiger partial charge in [0.05, 0.1) is 33.0 Å². The third-order valence-electron chi connectivity index (χ3n) is 2.36. The van der Waals surface area contributed by atoms with Crippen LogP contribution in [0.1, 0.15) is 0 Å². The van der Waals surface area contributed by atoms with Gasteiger partial charge >= 0.3 is 0 Å². The minimum atomic E-state index is -1.60. The zero-order valence-electron chi connectivity index (χ0n) is 10.8. The van der Waals surface area contributed by atoms with Crippen molar-refractivity contribution in [3.8, 4) is 0 Å². The van der Waals surface area contributed by atoms with Crippen molar-refractivity contribution in [2.45, 2.75) is 24.4 Å². The summed E-state index contributed by atoms with van der Waals surface area (Å²) in [5.74, 6) is 0. The molecule has 0 aliphatic carbocycles. The first kappa shape index (κ1) is 18.4. The molecular weight excluding hydrogens is 260 g/mol. The fourth-order valence-electron chi connectivity index (χ4n) is 1.29. The van der Waals surface area contributed by atoms with E-state index < -0.39 is 31.0 Å². The first-order valence-corrected chi connectivity index (χ1v) is 5.87. The molecule has 8 heteroatoms. The molecule has 0 saturated heterocycles. The minimum absolute atomic E-state index is 0.00842. The van der Waals surface area contributed by atoms with Crippen molar-refractivity contribution < 1.29 is 39.4 Å². The zero-order valence-corrected chi connectivity index (χ0v) is 10.8. The second-order valence-electron chi connectivity index (χ2n) is 3.81. The third kappa shape index (κ3) is 7.53. The summed E-state index contributed by atoms with van der Waals surface area (Å²) in [5, 5.41) is 36.9. The highest BCUT2D eigenvalue weighted by Gasteiger charge is 2.32. The second-order valence-corrected chi connectivity index (χ2v) is 3.81. The van der Waals surface area contributed by atoms with Crippen molar-refractivity contribution in [2.24, 2.45) is 0 Å². The number of aldehydes is 1. The Kier molecular flexibility index (Phi) is 10.9. The van der Waals surface area contributed by atoms with Crippen LogP contribution < -0.4 is 0 Å². The van der Waals surface area contributed by atoms with Crippen LogP contribution in [0.15, 0.2) is 0 Å². The average molecular weight is 282 g/mol. The van der Waals surface area contributed by atoms with E-state index in [1.54, 1.807) is 0 Å². The van der Waals surface area contributed by atoms with Crippen LogP contribution >= 0.6 is 0 Å². The number of ether oxygens (including phenoxy) is 3. The smallest absolute Gasteiger partial charge is 0.151 e. The molecule has 0 aromatic heterocycles. The Labute approximate surface area is 111 Å². The SMILES string of the molecule is COCCOCCOC(C(O)C=O)C(O)C(O)CO. The molecule has 0 fully saturated rings. The van der Waals surface area contributed by atoms with E-state index in [1.807, 2.05) is 0 Å². The van der Waals surface area contributed by atoms with E-state index in [0.29, 0.717) is 13.2 Å². The molecular formula is C11H22O8. The summed E-state index contributed by atoms with van der Waals surface area (Å²) in [4.78, 5) is 10.5. The fraction of sp³-hybridized carbons (Fsp3) is 0.909. The summed E-state index contributed by atoms with van der Waals surface area (Å²) < 4.78 is 14.9. The number of hydrogen-bond donors (Lipinski definition) is 4.